The predicted octanol–water partition coefficient (Wildman–Crippen LogP) is 1.95. The number of hydrogen-bond acceptors (Lipinski definition) is 4. The fraction of sp³-hybridized carbons (Fsp3) is 0.533. The van der Waals surface area contributed by atoms with Crippen LogP contribution in [0.25, 0.3) is 0 Å². The molecule has 1 aliphatic heterocycles. The second kappa shape index (κ2) is 6.64. The Morgan fingerprint density at radius 3 is 2.95 bits per heavy atom. The van der Waals surface area contributed by atoms with Crippen molar-refractivity contribution in [2.75, 3.05) is 24.1 Å². The second-order valence-corrected chi connectivity index (χ2v) is 6.16. The largest absolute Gasteiger partial charge is 0.397 e. The van der Waals surface area contributed by atoms with Crippen LogP contribution >= 0.6 is 11.6 Å². The quantitative estimate of drug-likeness (QED) is 0.746. The van der Waals surface area contributed by atoms with E-state index < -0.39 is 0 Å². The Morgan fingerprint density at radius 1 is 1.57 bits per heavy atom. The molecule has 1 aromatic rings. The monoisotopic (exact) mass is 311 g/mol. The summed E-state index contributed by atoms with van der Waals surface area (Å²) in [5.74, 6) is 0.0535. The van der Waals surface area contributed by atoms with Gasteiger partial charge in [0.05, 0.1) is 23.5 Å². The van der Waals surface area contributed by atoms with Crippen LogP contribution in [0.15, 0.2) is 18.2 Å². The van der Waals surface area contributed by atoms with Crippen molar-refractivity contribution >= 4 is 28.9 Å². The number of piperidine rings is 1. The maximum Gasteiger partial charge on any atom is 0.241 e. The summed E-state index contributed by atoms with van der Waals surface area (Å²) in [4.78, 5) is 14.4. The summed E-state index contributed by atoms with van der Waals surface area (Å²) in [6.07, 6.45) is 0.415. The summed E-state index contributed by atoms with van der Waals surface area (Å²) in [5.41, 5.74) is 6.86. The Morgan fingerprint density at radius 2 is 2.29 bits per heavy atom. The van der Waals surface area contributed by atoms with E-state index in [1.54, 1.807) is 18.2 Å². The molecular weight excluding hydrogens is 290 g/mol. The molecule has 1 aliphatic rings. The Balaban J connectivity index is 2.01. The van der Waals surface area contributed by atoms with Gasteiger partial charge >= 0.3 is 0 Å². The maximum absolute atomic E-state index is 12.3. The van der Waals surface area contributed by atoms with Crippen LogP contribution in [0.2, 0.25) is 5.02 Å². The van der Waals surface area contributed by atoms with E-state index in [9.17, 15) is 9.90 Å². The Bertz CT molecular complexity index is 524. The summed E-state index contributed by atoms with van der Waals surface area (Å²) in [6, 6.07) is 4.72. The Hall–Kier alpha value is -1.30. The molecule has 0 aromatic heterocycles. The van der Waals surface area contributed by atoms with Crippen molar-refractivity contribution in [3.05, 3.63) is 23.2 Å². The van der Waals surface area contributed by atoms with E-state index in [0.29, 0.717) is 35.9 Å². The van der Waals surface area contributed by atoms with Crippen LogP contribution in [-0.2, 0) is 4.79 Å². The lowest BCUT2D eigenvalue weighted by molar-refractivity contribution is -0.122. The standard InChI is InChI=1S/C15H22ClN3O2/c1-9-8-19(6-5-14(9)20)10(2)15(21)18-13-7-11(16)3-4-12(13)17/h3-4,7,9-10,14,20H,5-6,8,17H2,1-2H3,(H,18,21). The van der Waals surface area contributed by atoms with Gasteiger partial charge in [-0.1, -0.05) is 18.5 Å². The number of nitrogens with one attached hydrogen (secondary N) is 1. The van der Waals surface area contributed by atoms with Gasteiger partial charge in [-0.05, 0) is 37.5 Å². The van der Waals surface area contributed by atoms with Gasteiger partial charge in [-0.2, -0.15) is 0 Å². The highest BCUT2D eigenvalue weighted by Crippen LogP contribution is 2.24. The Labute approximate surface area is 130 Å². The summed E-state index contributed by atoms with van der Waals surface area (Å²) >= 11 is 5.92. The SMILES string of the molecule is CC1CN(C(C)C(=O)Nc2cc(Cl)ccc2N)CCC1O. The van der Waals surface area contributed by atoms with Crippen molar-refractivity contribution in [3.63, 3.8) is 0 Å². The van der Waals surface area contributed by atoms with Gasteiger partial charge in [-0.25, -0.2) is 0 Å². The number of rotatable bonds is 3. The number of benzene rings is 1. The number of nitrogens with zero attached hydrogens (tertiary/aromatic N) is 1. The highest BCUT2D eigenvalue weighted by atomic mass is 35.5. The first-order valence-electron chi connectivity index (χ1n) is 7.16. The summed E-state index contributed by atoms with van der Waals surface area (Å²) in [7, 11) is 0. The number of aliphatic hydroxyl groups excluding tert-OH is 1. The van der Waals surface area contributed by atoms with Crippen LogP contribution in [-0.4, -0.2) is 41.1 Å². The molecule has 116 valence electrons. The van der Waals surface area contributed by atoms with Crippen LogP contribution in [0.4, 0.5) is 11.4 Å². The zero-order valence-corrected chi connectivity index (χ0v) is 13.1. The van der Waals surface area contributed by atoms with E-state index in [-0.39, 0.29) is 24.0 Å². The average Bonchev–Trinajstić information content (AvgIpc) is 2.45. The molecular formula is C15H22ClN3O2. The van der Waals surface area contributed by atoms with Crippen molar-refractivity contribution in [3.8, 4) is 0 Å². The minimum Gasteiger partial charge on any atom is -0.397 e. The highest BCUT2D eigenvalue weighted by Gasteiger charge is 2.30. The van der Waals surface area contributed by atoms with Crippen molar-refractivity contribution < 1.29 is 9.90 Å². The second-order valence-electron chi connectivity index (χ2n) is 5.73. The van der Waals surface area contributed by atoms with Gasteiger partial charge in [0.1, 0.15) is 0 Å². The first kappa shape index (κ1) is 16.1. The number of carbonyl (C=O) groups excluding carboxylic acids is 1. The molecule has 1 amide bonds. The number of hydrogen-bond donors (Lipinski definition) is 3. The first-order chi connectivity index (χ1) is 9.88. The van der Waals surface area contributed by atoms with Gasteiger partial charge in [-0.15, -0.1) is 0 Å². The number of nitrogens with two attached hydrogens (primary N) is 1. The highest BCUT2D eigenvalue weighted by molar-refractivity contribution is 6.31. The van der Waals surface area contributed by atoms with Gasteiger partial charge in [0.2, 0.25) is 5.91 Å². The molecule has 0 spiro atoms. The maximum atomic E-state index is 12.3. The summed E-state index contributed by atoms with van der Waals surface area (Å²) in [6.45, 7) is 5.28. The van der Waals surface area contributed by atoms with E-state index in [4.69, 9.17) is 17.3 Å². The zero-order chi connectivity index (χ0) is 15.6. The summed E-state index contributed by atoms with van der Waals surface area (Å²) in [5, 5.41) is 13.1. The lowest BCUT2D eigenvalue weighted by Crippen LogP contribution is -2.50. The van der Waals surface area contributed by atoms with E-state index in [0.717, 1.165) is 0 Å². The van der Waals surface area contributed by atoms with Crippen LogP contribution in [0.3, 0.4) is 0 Å². The molecule has 0 saturated carbocycles. The fourth-order valence-electron chi connectivity index (χ4n) is 2.56. The molecule has 21 heavy (non-hydrogen) atoms. The van der Waals surface area contributed by atoms with Crippen molar-refractivity contribution in [2.24, 2.45) is 5.92 Å². The minimum atomic E-state index is -0.279. The third kappa shape index (κ3) is 3.87. The van der Waals surface area contributed by atoms with Gasteiger partial charge in [0.25, 0.3) is 0 Å². The van der Waals surface area contributed by atoms with Gasteiger partial charge in [0, 0.05) is 18.1 Å². The predicted molar refractivity (Wildman–Crippen MR) is 85.3 cm³/mol. The topological polar surface area (TPSA) is 78.6 Å². The molecule has 1 heterocycles. The van der Waals surface area contributed by atoms with Gasteiger partial charge in [0.15, 0.2) is 0 Å². The first-order valence-corrected chi connectivity index (χ1v) is 7.54. The number of likely N-dealkylation sites (tertiary alicyclic amines) is 1. The average molecular weight is 312 g/mol. The number of amides is 1. The molecule has 2 rings (SSSR count). The molecule has 1 saturated heterocycles. The number of anilines is 2. The van der Waals surface area contributed by atoms with E-state index >= 15 is 0 Å². The van der Waals surface area contributed by atoms with Crippen LogP contribution in [0.1, 0.15) is 20.3 Å². The van der Waals surface area contributed by atoms with Crippen molar-refractivity contribution in [2.45, 2.75) is 32.4 Å². The third-order valence-corrected chi connectivity index (χ3v) is 4.33. The smallest absolute Gasteiger partial charge is 0.241 e. The lowest BCUT2D eigenvalue weighted by Gasteiger charge is -2.37. The number of carbonyl (C=O) groups is 1. The zero-order valence-electron chi connectivity index (χ0n) is 12.3. The fourth-order valence-corrected chi connectivity index (χ4v) is 2.73. The third-order valence-electron chi connectivity index (χ3n) is 4.09. The minimum absolute atomic E-state index is 0.118. The molecule has 3 atom stereocenters. The Kier molecular flexibility index (Phi) is 5.08. The van der Waals surface area contributed by atoms with Crippen LogP contribution in [0.5, 0.6) is 0 Å². The van der Waals surface area contributed by atoms with E-state index in [1.807, 2.05) is 13.8 Å². The molecule has 6 heteroatoms. The number of aliphatic hydroxyl groups is 1. The molecule has 4 N–H and O–H groups in total. The van der Waals surface area contributed by atoms with Gasteiger partial charge in [-0.3, -0.25) is 9.69 Å². The van der Waals surface area contributed by atoms with E-state index in [1.165, 1.54) is 0 Å². The molecule has 0 bridgehead atoms. The summed E-state index contributed by atoms with van der Waals surface area (Å²) < 4.78 is 0. The molecule has 5 nitrogen and oxygen atoms in total. The van der Waals surface area contributed by atoms with Crippen molar-refractivity contribution in [1.82, 2.24) is 4.90 Å². The van der Waals surface area contributed by atoms with Crippen molar-refractivity contribution in [1.29, 1.82) is 0 Å². The van der Waals surface area contributed by atoms with Crippen LogP contribution in [0, 0.1) is 5.92 Å². The molecule has 0 aliphatic carbocycles. The molecule has 1 aromatic carbocycles. The molecule has 3 unspecified atom stereocenters. The van der Waals surface area contributed by atoms with Gasteiger partial charge < -0.3 is 16.2 Å². The van der Waals surface area contributed by atoms with Crippen LogP contribution < -0.4 is 11.1 Å². The molecule has 1 fully saturated rings. The molecule has 0 radical (unpaired) electrons. The normalized spacial score (nSPS) is 24.6. The van der Waals surface area contributed by atoms with E-state index in [2.05, 4.69) is 10.2 Å². The number of nitrogen functional groups attached to an aromatic ring is 1. The number of halogens is 1. The lowest BCUT2D eigenvalue weighted by atomic mass is 9.95.